The maximum Gasteiger partial charge on any atom is 0.410 e. The Kier molecular flexibility index (Phi) is 9.46. The number of ether oxygens (including phenoxy) is 2. The molecular formula is C30H37N7O7. The molecule has 0 saturated carbocycles. The summed E-state index contributed by atoms with van der Waals surface area (Å²) in [5, 5.41) is 0. The normalized spacial score (nSPS) is 16.6. The number of nitrogens with zero attached hydrogens (tertiary/aromatic N) is 7. The highest BCUT2D eigenvalue weighted by molar-refractivity contribution is 5.92. The summed E-state index contributed by atoms with van der Waals surface area (Å²) >= 11 is 0. The lowest BCUT2D eigenvalue weighted by molar-refractivity contribution is -0.132. The summed E-state index contributed by atoms with van der Waals surface area (Å²) in [5.74, 6) is 0.766. The molecule has 1 aromatic carbocycles. The molecule has 234 valence electrons. The number of rotatable bonds is 3. The number of aromatic nitrogens is 4. The predicted octanol–water partition coefficient (Wildman–Crippen LogP) is 0.933. The molecule has 1 saturated heterocycles. The topological polar surface area (TPSA) is 141 Å². The van der Waals surface area contributed by atoms with Crippen LogP contribution in [0.4, 0.5) is 4.79 Å². The highest BCUT2D eigenvalue weighted by Gasteiger charge is 2.27. The molecule has 2 aliphatic rings. The van der Waals surface area contributed by atoms with E-state index in [1.807, 2.05) is 35.0 Å². The van der Waals surface area contributed by atoms with Crippen LogP contribution in [0.15, 0.2) is 52.3 Å². The van der Waals surface area contributed by atoms with Gasteiger partial charge in [-0.1, -0.05) is 12.1 Å². The third-order valence-corrected chi connectivity index (χ3v) is 7.92. The van der Waals surface area contributed by atoms with Crippen molar-refractivity contribution in [3.05, 3.63) is 69.3 Å². The summed E-state index contributed by atoms with van der Waals surface area (Å²) in [6.07, 6.45) is 4.78. The van der Waals surface area contributed by atoms with Crippen LogP contribution in [0.1, 0.15) is 29.8 Å². The molecule has 0 atom stereocenters. The van der Waals surface area contributed by atoms with Crippen LogP contribution in [-0.2, 0) is 30.2 Å². The number of cyclic esters (lactones) is 1. The van der Waals surface area contributed by atoms with Gasteiger partial charge in [0.05, 0.1) is 13.2 Å². The molecule has 2 aliphatic heterocycles. The third kappa shape index (κ3) is 6.84. The van der Waals surface area contributed by atoms with Crippen molar-refractivity contribution in [3.63, 3.8) is 0 Å². The fraction of sp³-hybridized carbons (Fsp3) is 0.467. The van der Waals surface area contributed by atoms with Crippen LogP contribution in [-0.4, -0.2) is 104 Å². The summed E-state index contributed by atoms with van der Waals surface area (Å²) in [7, 11) is 2.84. The van der Waals surface area contributed by atoms with Crippen LogP contribution in [0, 0.1) is 0 Å². The average molecular weight is 608 g/mol. The first kappa shape index (κ1) is 30.6. The summed E-state index contributed by atoms with van der Waals surface area (Å²) in [5.41, 5.74) is -0.287. The fourth-order valence-corrected chi connectivity index (χ4v) is 5.36. The highest BCUT2D eigenvalue weighted by atomic mass is 16.6. The highest BCUT2D eigenvalue weighted by Crippen LogP contribution is 2.23. The first-order chi connectivity index (χ1) is 21.2. The van der Waals surface area contributed by atoms with Gasteiger partial charge in [0.2, 0.25) is 5.91 Å². The second-order valence-corrected chi connectivity index (χ2v) is 10.9. The largest absolute Gasteiger partial charge is 0.494 e. The van der Waals surface area contributed by atoms with Gasteiger partial charge < -0.3 is 23.8 Å². The van der Waals surface area contributed by atoms with E-state index < -0.39 is 23.2 Å². The van der Waals surface area contributed by atoms with E-state index >= 15 is 0 Å². The zero-order chi connectivity index (χ0) is 31.2. The quantitative estimate of drug-likeness (QED) is 0.428. The number of benzene rings is 1. The Morgan fingerprint density at radius 3 is 2.39 bits per heavy atom. The third-order valence-electron chi connectivity index (χ3n) is 7.92. The van der Waals surface area contributed by atoms with Crippen LogP contribution < -0.4 is 16.0 Å². The number of carbonyl (C=O) groups excluding carboxylic acids is 3. The standard InChI is InChI=1S/C30H37N7O7/c1-32-24(20-25(38)33(2)29(32)41)28(40)36-11-4-3-10-34(26(39)21-37-16-18-44-30(37)42)12-6-17-43-23-8-5-7-22(19-23)27-31-9-13-35(27)14-15-36/h5,7-9,13,19-20H,3-4,6,10-12,14-18,21H2,1-2H3. The molecule has 0 N–H and O–H groups in total. The maximum absolute atomic E-state index is 13.8. The molecule has 3 amide bonds. The van der Waals surface area contributed by atoms with E-state index in [-0.39, 0.29) is 24.8 Å². The lowest BCUT2D eigenvalue weighted by Gasteiger charge is -2.26. The molecule has 2 aromatic heterocycles. The van der Waals surface area contributed by atoms with Crippen LogP contribution >= 0.6 is 0 Å². The van der Waals surface area contributed by atoms with E-state index in [0.717, 1.165) is 10.1 Å². The number of hydrogen-bond acceptors (Lipinski definition) is 8. The smallest absolute Gasteiger partial charge is 0.410 e. The molecule has 3 aromatic rings. The van der Waals surface area contributed by atoms with Gasteiger partial charge in [0, 0.05) is 70.8 Å². The molecule has 14 heteroatoms. The molecule has 4 heterocycles. The molecular weight excluding hydrogens is 570 g/mol. The van der Waals surface area contributed by atoms with Gasteiger partial charge in [-0.2, -0.15) is 0 Å². The van der Waals surface area contributed by atoms with Crippen LogP contribution in [0.2, 0.25) is 0 Å². The van der Waals surface area contributed by atoms with Gasteiger partial charge in [-0.15, -0.1) is 0 Å². The molecule has 1 fully saturated rings. The Bertz CT molecular complexity index is 1640. The fourth-order valence-electron chi connectivity index (χ4n) is 5.36. The average Bonchev–Trinajstić information content (AvgIpc) is 3.66. The Labute approximate surface area is 254 Å². The molecule has 14 nitrogen and oxygen atoms in total. The molecule has 0 spiro atoms. The number of hydrogen-bond donors (Lipinski definition) is 0. The van der Waals surface area contributed by atoms with Gasteiger partial charge >= 0.3 is 11.8 Å². The molecule has 44 heavy (non-hydrogen) atoms. The minimum absolute atomic E-state index is 0.00833. The van der Waals surface area contributed by atoms with Crippen molar-refractivity contribution >= 4 is 17.9 Å². The molecule has 0 unspecified atom stereocenters. The second kappa shape index (κ2) is 13.6. The van der Waals surface area contributed by atoms with Crippen molar-refractivity contribution in [1.82, 2.24) is 33.4 Å². The van der Waals surface area contributed by atoms with Gasteiger partial charge in [0.1, 0.15) is 30.4 Å². The maximum atomic E-state index is 13.8. The van der Waals surface area contributed by atoms with Crippen molar-refractivity contribution in [1.29, 1.82) is 0 Å². The van der Waals surface area contributed by atoms with Gasteiger partial charge in [-0.3, -0.25) is 28.4 Å². The van der Waals surface area contributed by atoms with E-state index in [1.54, 1.807) is 16.0 Å². The minimum atomic E-state index is -0.582. The first-order valence-corrected chi connectivity index (χ1v) is 14.7. The van der Waals surface area contributed by atoms with Gasteiger partial charge in [-0.05, 0) is 31.4 Å². The van der Waals surface area contributed by atoms with Crippen molar-refractivity contribution in [2.45, 2.75) is 25.8 Å². The number of fused-ring (bicyclic) bond motifs is 4. The Morgan fingerprint density at radius 1 is 0.841 bits per heavy atom. The predicted molar refractivity (Wildman–Crippen MR) is 159 cm³/mol. The van der Waals surface area contributed by atoms with E-state index in [4.69, 9.17) is 9.47 Å². The monoisotopic (exact) mass is 607 g/mol. The van der Waals surface area contributed by atoms with Gasteiger partial charge in [-0.25, -0.2) is 14.6 Å². The summed E-state index contributed by atoms with van der Waals surface area (Å²) < 4.78 is 15.1. The summed E-state index contributed by atoms with van der Waals surface area (Å²) in [6, 6.07) is 8.76. The van der Waals surface area contributed by atoms with Crippen molar-refractivity contribution in [2.75, 3.05) is 52.5 Å². The number of imidazole rings is 1. The molecule has 2 bridgehead atoms. The van der Waals surface area contributed by atoms with Crippen molar-refractivity contribution < 1.29 is 23.9 Å². The summed E-state index contributed by atoms with van der Waals surface area (Å²) in [6.45, 7) is 2.88. The van der Waals surface area contributed by atoms with E-state index in [1.165, 1.54) is 29.6 Å². The lowest BCUT2D eigenvalue weighted by atomic mass is 10.2. The minimum Gasteiger partial charge on any atom is -0.494 e. The number of amides is 3. The van der Waals surface area contributed by atoms with Crippen LogP contribution in [0.5, 0.6) is 5.75 Å². The Balaban J connectivity index is 1.40. The van der Waals surface area contributed by atoms with E-state index in [0.29, 0.717) is 76.7 Å². The van der Waals surface area contributed by atoms with E-state index in [9.17, 15) is 24.0 Å². The molecule has 5 rings (SSSR count). The Hall–Kier alpha value is -4.88. The molecule has 0 radical (unpaired) electrons. The second-order valence-electron chi connectivity index (χ2n) is 10.9. The zero-order valence-corrected chi connectivity index (χ0v) is 25.0. The Morgan fingerprint density at radius 2 is 1.61 bits per heavy atom. The summed E-state index contributed by atoms with van der Waals surface area (Å²) in [4.78, 5) is 73.2. The van der Waals surface area contributed by atoms with Crippen LogP contribution in [0.3, 0.4) is 0 Å². The van der Waals surface area contributed by atoms with Crippen LogP contribution in [0.25, 0.3) is 11.4 Å². The zero-order valence-electron chi connectivity index (χ0n) is 25.0. The van der Waals surface area contributed by atoms with Gasteiger partial charge in [0.25, 0.3) is 11.5 Å². The van der Waals surface area contributed by atoms with Crippen molar-refractivity contribution in [2.24, 2.45) is 14.1 Å². The van der Waals surface area contributed by atoms with Gasteiger partial charge in [0.15, 0.2) is 0 Å². The lowest BCUT2D eigenvalue weighted by Crippen LogP contribution is -2.43. The van der Waals surface area contributed by atoms with E-state index in [2.05, 4.69) is 4.98 Å². The van der Waals surface area contributed by atoms with Crippen molar-refractivity contribution in [3.8, 4) is 17.1 Å². The number of carbonyl (C=O) groups is 3. The first-order valence-electron chi connectivity index (χ1n) is 14.7. The molecule has 0 aliphatic carbocycles. The SMILES string of the molecule is Cn1c(C(=O)N2CCCCN(C(=O)CN3CCOC3=O)CCCOc3cccc(c3)-c3nccn3CC2)cc(=O)n(C)c1=O.